The summed E-state index contributed by atoms with van der Waals surface area (Å²) in [6.45, 7) is 12.2. The van der Waals surface area contributed by atoms with Gasteiger partial charge in [-0.15, -0.1) is 11.8 Å². The van der Waals surface area contributed by atoms with E-state index >= 15 is 14.4 Å². The first-order valence-electron chi connectivity index (χ1n) is 42.7. The number of fused-ring (bicyclic) bond motifs is 1. The summed E-state index contributed by atoms with van der Waals surface area (Å²) in [5.41, 5.74) is 14.0. The topological polar surface area (TPSA) is 506 Å². The van der Waals surface area contributed by atoms with Crippen LogP contribution < -0.4 is 59.3 Å². The number of phenolic OH excluding ortho intramolecular Hbond substituents is 1. The highest BCUT2D eigenvalue weighted by Crippen LogP contribution is 2.27. The molecule has 2 saturated heterocycles. The van der Waals surface area contributed by atoms with E-state index in [1.165, 1.54) is 55.2 Å². The smallest absolute Gasteiger partial charge is 0.305 e. The number of aromatic amines is 1. The average Bonchev–Trinajstić information content (AvgIpc) is 1.82. The van der Waals surface area contributed by atoms with E-state index < -0.39 is 203 Å². The number of hydrogen-bond acceptors (Lipinski definition) is 19. The van der Waals surface area contributed by atoms with Crippen LogP contribution in [0.15, 0.2) is 109 Å². The number of rotatable bonds is 49. The number of para-hydroxylation sites is 1. The normalized spacial score (nSPS) is 15.8. The molecule has 2 fully saturated rings. The van der Waals surface area contributed by atoms with Crippen molar-refractivity contribution in [1.29, 1.82) is 0 Å². The molecule has 16 N–H and O–H groups in total. The molecule has 126 heavy (non-hydrogen) atoms. The summed E-state index contributed by atoms with van der Waals surface area (Å²) in [7, 11) is 5.65. The Morgan fingerprint density at radius 1 is 0.556 bits per heavy atom. The van der Waals surface area contributed by atoms with Crippen LogP contribution >= 0.6 is 11.8 Å². The first-order chi connectivity index (χ1) is 59.8. The highest BCUT2D eigenvalue weighted by molar-refractivity contribution is 8.00. The van der Waals surface area contributed by atoms with Crippen LogP contribution in [0.3, 0.4) is 0 Å². The van der Waals surface area contributed by atoms with Crippen molar-refractivity contribution < 1.29 is 91.3 Å². The number of halogens is 1. The molecule has 0 spiro atoms. The van der Waals surface area contributed by atoms with Crippen molar-refractivity contribution >= 4 is 117 Å². The molecule has 5 aromatic rings. The molecule has 7 rings (SSSR count). The standard InChI is InChI=1S/C89H124FN17O18S/c1-12-13-26-70(88(124)107-40-21-27-69(107)83(119)100-66(46-75(112)113)82(118)102-76(52(4)5)89(125)105(11)77(53(6)7)84(120)97-62(36-37-72(91)109)86(122)106-38-19-20-39-106)103(9)87(123)71(44-54-22-15-14-16-23-54)104(10)85(121)67(43-55-28-32-58(90)33-29-55)96-74(111)50-126-49-68(78(114)95-48-73(92)110)101-80(116)64(41-51(2)3)98-81(117)65(42-56-30-34-59(108)35-31-56)99-79(115)63(93-8)45-57-47-94-61-25-18-17-24-60(57)61/h14-18,22-25,28-35,47,51-53,62-71,76-77,93-94,108H,12-13,19-21,26-27,36-46,48-50H2,1-11H3,(H2,91,109)(H2,92,110)(H,95,114)(H,96,111)(H,97,120)(H,98,117)(H,99,115)(H,100,119)(H,101,116)(H,102,118)(H,112,113)/t62-,63-,64-,65-,66-,67-,68-,69+,70-,71?,76-,77-/m0/s1. The monoisotopic (exact) mass is 1770 g/mol. The summed E-state index contributed by atoms with van der Waals surface area (Å²) in [5.74, 6) is -16.3. The summed E-state index contributed by atoms with van der Waals surface area (Å²) >= 11 is 0.823. The van der Waals surface area contributed by atoms with E-state index in [4.69, 9.17) is 11.5 Å². The molecule has 15 amide bonds. The summed E-state index contributed by atoms with van der Waals surface area (Å²) in [4.78, 5) is 236. The molecule has 2 aliphatic rings. The first kappa shape index (κ1) is 101. The third-order valence-corrected chi connectivity index (χ3v) is 23.5. The molecule has 1 aromatic heterocycles. The molecule has 1 unspecified atom stereocenters. The predicted molar refractivity (Wildman–Crippen MR) is 470 cm³/mol. The zero-order valence-electron chi connectivity index (χ0n) is 73.5. The van der Waals surface area contributed by atoms with Gasteiger partial charge >= 0.3 is 5.97 Å². The molecule has 3 heterocycles. The number of unbranched alkanes of at least 4 members (excludes halogenated alkanes) is 1. The Hall–Kier alpha value is -12.0. The second-order valence-corrected chi connectivity index (χ2v) is 34.3. The fraction of sp³-hybridized carbons (Fsp3) is 0.528. The number of H-pyrrole nitrogens is 1. The number of carboxylic acids is 1. The van der Waals surface area contributed by atoms with Crippen LogP contribution in [-0.4, -0.2) is 273 Å². The van der Waals surface area contributed by atoms with Crippen molar-refractivity contribution in [3.05, 3.63) is 137 Å². The minimum absolute atomic E-state index is 0.00671. The summed E-state index contributed by atoms with van der Waals surface area (Å²) < 4.78 is 14.6. The number of phenols is 1. The summed E-state index contributed by atoms with van der Waals surface area (Å²) in [6.07, 6.45) is 2.90. The number of carbonyl (C=O) groups is 16. The van der Waals surface area contributed by atoms with Crippen molar-refractivity contribution in [2.24, 2.45) is 29.2 Å². The Bertz CT molecular complexity index is 4610. The Kier molecular flexibility index (Phi) is 39.3. The van der Waals surface area contributed by atoms with Crippen molar-refractivity contribution in [2.75, 3.05) is 65.9 Å². The van der Waals surface area contributed by atoms with Crippen LogP contribution in [-0.2, 0) is 102 Å². The third-order valence-electron chi connectivity index (χ3n) is 22.4. The van der Waals surface area contributed by atoms with Crippen molar-refractivity contribution in [2.45, 2.75) is 217 Å². The second kappa shape index (κ2) is 49.0. The van der Waals surface area contributed by atoms with Crippen molar-refractivity contribution in [1.82, 2.24) is 77.3 Å². The zero-order valence-corrected chi connectivity index (χ0v) is 74.3. The number of thioether (sulfide) groups is 1. The summed E-state index contributed by atoms with van der Waals surface area (Å²) in [5, 5.41) is 45.5. The SMILES string of the molecule is CCCC[C@@H](C(=O)N1CCC[C@@H]1C(=O)N[C@@H](CC(=O)O)C(=O)N[C@H](C(=O)N(C)[C@H](C(=O)N[C@@H](CCC(N)=O)C(=O)N1CCCC1)C(C)C)C(C)C)N(C)C(=O)C(Cc1ccccc1)N(C)C(=O)[C@H](Cc1ccc(F)cc1)NC(=O)CSC[C@H](NC(=O)[C@H](CC(C)C)NC(=O)[C@H](Cc1ccc(O)cc1)NC(=O)[C@H](Cc1c[nH]c2ccccc12)NC)C(=O)NCC(N)=O. The number of nitrogens with one attached hydrogen (secondary N) is 10. The maximum atomic E-state index is 15.6. The lowest BCUT2D eigenvalue weighted by Gasteiger charge is -2.38. The lowest BCUT2D eigenvalue weighted by atomic mass is 9.97. The number of likely N-dealkylation sites (N-methyl/N-ethyl adjacent to an activating group) is 4. The number of amides is 15. The van der Waals surface area contributed by atoms with Gasteiger partial charge in [0.2, 0.25) is 88.6 Å². The van der Waals surface area contributed by atoms with E-state index in [1.807, 2.05) is 31.2 Å². The Morgan fingerprint density at radius 2 is 1.13 bits per heavy atom. The molecular weight excluding hydrogens is 1650 g/mol. The van der Waals surface area contributed by atoms with Gasteiger partial charge in [-0.25, -0.2) is 4.39 Å². The molecule has 37 heteroatoms. The highest BCUT2D eigenvalue weighted by Gasteiger charge is 2.45. The lowest BCUT2D eigenvalue weighted by Crippen LogP contribution is -2.62. The van der Waals surface area contributed by atoms with E-state index in [9.17, 15) is 76.9 Å². The molecule has 2 aliphatic heterocycles. The van der Waals surface area contributed by atoms with E-state index in [-0.39, 0.29) is 88.2 Å². The fourth-order valence-corrected chi connectivity index (χ4v) is 16.4. The number of primary amides is 2. The van der Waals surface area contributed by atoms with E-state index in [0.29, 0.717) is 42.6 Å². The molecular formula is C89H124FN17O18S. The van der Waals surface area contributed by atoms with E-state index in [0.717, 1.165) is 63.0 Å². The zero-order chi connectivity index (χ0) is 92.8. The number of likely N-dealkylation sites (tertiary alicyclic amines) is 2. The van der Waals surface area contributed by atoms with Crippen LogP contribution in [0.2, 0.25) is 0 Å². The van der Waals surface area contributed by atoms with Crippen LogP contribution in [0, 0.1) is 23.6 Å². The molecule has 35 nitrogen and oxygen atoms in total. The van der Waals surface area contributed by atoms with Gasteiger partial charge in [0.05, 0.1) is 24.8 Å². The Balaban J connectivity index is 1.08. The number of aromatic nitrogens is 1. The molecule has 4 aromatic carbocycles. The molecule has 0 radical (unpaired) electrons. The van der Waals surface area contributed by atoms with Gasteiger partial charge in [-0.2, -0.15) is 0 Å². The quantitative estimate of drug-likeness (QED) is 0.0265. The molecule has 12 atom stereocenters. The van der Waals surface area contributed by atoms with Gasteiger partial charge in [0.25, 0.3) is 0 Å². The van der Waals surface area contributed by atoms with Gasteiger partial charge in [0, 0.05) is 89.3 Å². The minimum atomic E-state index is -1.84. The van der Waals surface area contributed by atoms with Gasteiger partial charge in [-0.1, -0.05) is 134 Å². The highest BCUT2D eigenvalue weighted by atomic mass is 32.2. The number of aliphatic carboxylic acids is 1. The van der Waals surface area contributed by atoms with Crippen molar-refractivity contribution in [3.8, 4) is 5.75 Å². The molecule has 0 saturated carbocycles. The number of carbonyl (C=O) groups excluding carboxylic acids is 15. The van der Waals surface area contributed by atoms with Gasteiger partial charge < -0.3 is 99.0 Å². The first-order valence-corrected chi connectivity index (χ1v) is 43.9. The maximum Gasteiger partial charge on any atom is 0.305 e. The average molecular weight is 1770 g/mol. The van der Waals surface area contributed by atoms with Crippen LogP contribution in [0.4, 0.5) is 4.39 Å². The largest absolute Gasteiger partial charge is 0.508 e. The Labute approximate surface area is 737 Å². The van der Waals surface area contributed by atoms with Crippen molar-refractivity contribution in [3.63, 3.8) is 0 Å². The minimum Gasteiger partial charge on any atom is -0.508 e. The van der Waals surface area contributed by atoms with Gasteiger partial charge in [0.15, 0.2) is 0 Å². The number of nitrogens with zero attached hydrogens (tertiary/aromatic N) is 5. The third kappa shape index (κ3) is 29.8. The second-order valence-electron chi connectivity index (χ2n) is 33.3. The Morgan fingerprint density at radius 3 is 1.75 bits per heavy atom. The van der Waals surface area contributed by atoms with Gasteiger partial charge in [-0.3, -0.25) is 76.7 Å². The van der Waals surface area contributed by atoms with Gasteiger partial charge in [0.1, 0.15) is 78.0 Å². The fourth-order valence-electron chi connectivity index (χ4n) is 15.5. The molecule has 686 valence electrons. The van der Waals surface area contributed by atoms with Crippen LogP contribution in [0.1, 0.15) is 141 Å². The summed E-state index contributed by atoms with van der Waals surface area (Å²) in [6, 6.07) is 11.0. The van der Waals surface area contributed by atoms with E-state index in [2.05, 4.69) is 52.8 Å². The number of aromatic hydroxyl groups is 1. The van der Waals surface area contributed by atoms with Crippen LogP contribution in [0.25, 0.3) is 10.9 Å². The maximum absolute atomic E-state index is 15.6. The number of carboxylic acid groups (broad SMARTS) is 1. The van der Waals surface area contributed by atoms with Gasteiger partial charge in [-0.05, 0) is 129 Å². The van der Waals surface area contributed by atoms with Crippen LogP contribution in [0.5, 0.6) is 5.75 Å². The molecule has 0 bridgehead atoms. The predicted octanol–water partition coefficient (Wildman–Crippen LogP) is 1.98. The number of nitrogens with two attached hydrogens (primary N) is 2. The number of benzene rings is 4. The van der Waals surface area contributed by atoms with E-state index in [1.54, 1.807) is 102 Å². The molecule has 0 aliphatic carbocycles. The lowest BCUT2D eigenvalue weighted by molar-refractivity contribution is -0.152. The number of hydrogen-bond donors (Lipinski definition) is 14.